The van der Waals surface area contributed by atoms with Crippen molar-refractivity contribution in [1.29, 1.82) is 0 Å². The molecule has 2 aromatic heterocycles. The van der Waals surface area contributed by atoms with Crippen molar-refractivity contribution in [3.63, 3.8) is 0 Å². The van der Waals surface area contributed by atoms with Crippen LogP contribution in [0.15, 0.2) is 69.6 Å². The second-order valence-electron chi connectivity index (χ2n) is 5.85. The number of carbonyl (C=O) groups excluding carboxylic acids is 1. The predicted molar refractivity (Wildman–Crippen MR) is 117 cm³/mol. The Morgan fingerprint density at radius 2 is 2.00 bits per heavy atom. The van der Waals surface area contributed by atoms with Gasteiger partial charge in [0.25, 0.3) is 5.91 Å². The normalized spacial score (nSPS) is 11.3. The maximum absolute atomic E-state index is 13.1. The van der Waals surface area contributed by atoms with E-state index in [1.165, 1.54) is 16.3 Å². The number of aromatic nitrogens is 1. The van der Waals surface area contributed by atoms with Crippen molar-refractivity contribution in [2.45, 2.75) is 6.92 Å². The molecule has 0 spiro atoms. The number of rotatable bonds is 4. The van der Waals surface area contributed by atoms with Crippen molar-refractivity contribution >= 4 is 66.1 Å². The molecular formula is C20H14BrN3OS2. The number of amides is 1. The number of halogens is 1. The van der Waals surface area contributed by atoms with E-state index in [1.807, 2.05) is 48.7 Å². The number of thiazole rings is 1. The van der Waals surface area contributed by atoms with Crippen molar-refractivity contribution in [3.05, 3.63) is 80.5 Å². The van der Waals surface area contributed by atoms with Crippen LogP contribution in [0.1, 0.15) is 20.8 Å². The highest BCUT2D eigenvalue weighted by Crippen LogP contribution is 2.31. The fraction of sp³-hybridized carbons (Fsp3) is 0.0500. The molecule has 0 unspecified atom stereocenters. The average molecular weight is 456 g/mol. The number of hydrogen-bond donors (Lipinski definition) is 0. The summed E-state index contributed by atoms with van der Waals surface area (Å²) in [6.45, 7) is 2.04. The first kappa shape index (κ1) is 18.0. The number of thiophene rings is 1. The number of benzene rings is 2. The fourth-order valence-electron chi connectivity index (χ4n) is 2.49. The van der Waals surface area contributed by atoms with E-state index in [-0.39, 0.29) is 5.91 Å². The van der Waals surface area contributed by atoms with Gasteiger partial charge in [0.2, 0.25) is 5.13 Å². The first-order chi connectivity index (χ1) is 13.1. The molecule has 27 heavy (non-hydrogen) atoms. The van der Waals surface area contributed by atoms with E-state index >= 15 is 0 Å². The zero-order valence-corrected chi connectivity index (χ0v) is 17.5. The van der Waals surface area contributed by atoms with E-state index in [2.05, 4.69) is 32.1 Å². The lowest BCUT2D eigenvalue weighted by Gasteiger charge is -2.13. The molecule has 4 nitrogen and oxygen atoms in total. The van der Waals surface area contributed by atoms with Gasteiger partial charge in [-0.15, -0.1) is 11.3 Å². The molecule has 0 radical (unpaired) electrons. The van der Waals surface area contributed by atoms with Gasteiger partial charge in [-0.3, -0.25) is 4.79 Å². The minimum absolute atomic E-state index is 0.217. The van der Waals surface area contributed by atoms with Crippen LogP contribution in [0.4, 0.5) is 5.13 Å². The average Bonchev–Trinajstić information content (AvgIpc) is 3.31. The summed E-state index contributed by atoms with van der Waals surface area (Å²) in [7, 11) is 0. The number of nitrogens with zero attached hydrogens (tertiary/aromatic N) is 3. The van der Waals surface area contributed by atoms with Crippen molar-refractivity contribution in [2.75, 3.05) is 5.01 Å². The Balaban J connectivity index is 1.76. The van der Waals surface area contributed by atoms with Crippen LogP contribution in [-0.2, 0) is 0 Å². The van der Waals surface area contributed by atoms with E-state index in [1.54, 1.807) is 29.7 Å². The standard InChI is InChI=1S/C20H14BrN3OS2/c1-13-4-9-17-18(11-13)27-20(23-17)24(22-12-16-3-2-10-26-16)19(25)14-5-7-15(21)8-6-14/h2-12H,1H3/b22-12+. The highest BCUT2D eigenvalue weighted by atomic mass is 79.9. The lowest BCUT2D eigenvalue weighted by Crippen LogP contribution is -2.25. The number of aryl methyl sites for hydroxylation is 1. The molecule has 0 aliphatic rings. The van der Waals surface area contributed by atoms with Crippen molar-refractivity contribution in [3.8, 4) is 0 Å². The molecule has 0 saturated heterocycles. The van der Waals surface area contributed by atoms with Crippen molar-refractivity contribution in [1.82, 2.24) is 4.98 Å². The van der Waals surface area contributed by atoms with Crippen LogP contribution < -0.4 is 5.01 Å². The van der Waals surface area contributed by atoms with Crippen LogP contribution in [0.3, 0.4) is 0 Å². The summed E-state index contributed by atoms with van der Waals surface area (Å²) in [5.74, 6) is -0.217. The van der Waals surface area contributed by atoms with Crippen molar-refractivity contribution in [2.24, 2.45) is 5.10 Å². The topological polar surface area (TPSA) is 45.6 Å². The van der Waals surface area contributed by atoms with Gasteiger partial charge in [-0.05, 0) is 60.3 Å². The SMILES string of the molecule is Cc1ccc2nc(N(/N=C/c3cccs3)C(=O)c3ccc(Br)cc3)sc2c1. The highest BCUT2D eigenvalue weighted by Gasteiger charge is 2.21. The van der Waals surface area contributed by atoms with E-state index in [9.17, 15) is 4.79 Å². The van der Waals surface area contributed by atoms with Gasteiger partial charge in [-0.2, -0.15) is 10.1 Å². The van der Waals surface area contributed by atoms with E-state index in [4.69, 9.17) is 0 Å². The van der Waals surface area contributed by atoms with Gasteiger partial charge in [-0.1, -0.05) is 39.4 Å². The molecule has 2 heterocycles. The molecule has 0 atom stereocenters. The third-order valence-electron chi connectivity index (χ3n) is 3.84. The monoisotopic (exact) mass is 455 g/mol. The summed E-state index contributed by atoms with van der Waals surface area (Å²) in [6, 6.07) is 17.2. The summed E-state index contributed by atoms with van der Waals surface area (Å²) in [4.78, 5) is 18.7. The Bertz CT molecular complexity index is 1120. The van der Waals surface area contributed by atoms with Gasteiger partial charge in [0.05, 0.1) is 16.4 Å². The Labute approximate surface area is 172 Å². The summed E-state index contributed by atoms with van der Waals surface area (Å²) in [5, 5.41) is 8.36. The fourth-order valence-corrected chi connectivity index (χ4v) is 4.36. The van der Waals surface area contributed by atoms with E-state index in [0.717, 1.165) is 25.1 Å². The number of hydrogen-bond acceptors (Lipinski definition) is 5. The molecule has 0 aliphatic carbocycles. The molecule has 4 rings (SSSR count). The Morgan fingerprint density at radius 3 is 2.74 bits per heavy atom. The van der Waals surface area contributed by atoms with Gasteiger partial charge in [0, 0.05) is 14.9 Å². The second-order valence-corrected chi connectivity index (χ2v) is 8.76. The zero-order valence-electron chi connectivity index (χ0n) is 14.3. The van der Waals surface area contributed by atoms with Gasteiger partial charge in [-0.25, -0.2) is 4.98 Å². The van der Waals surface area contributed by atoms with Gasteiger partial charge < -0.3 is 0 Å². The molecule has 0 bridgehead atoms. The van der Waals surface area contributed by atoms with E-state index in [0.29, 0.717) is 10.7 Å². The molecule has 1 amide bonds. The molecule has 0 aliphatic heterocycles. The molecule has 2 aromatic carbocycles. The maximum atomic E-state index is 13.1. The Kier molecular flexibility index (Phi) is 5.15. The van der Waals surface area contributed by atoms with Crippen LogP contribution in [0, 0.1) is 6.92 Å². The summed E-state index contributed by atoms with van der Waals surface area (Å²) >= 11 is 6.42. The molecule has 7 heteroatoms. The minimum Gasteiger partial charge on any atom is -0.267 e. The molecule has 4 aromatic rings. The summed E-state index contributed by atoms with van der Waals surface area (Å²) in [6.07, 6.45) is 1.69. The quantitative estimate of drug-likeness (QED) is 0.275. The highest BCUT2D eigenvalue weighted by molar-refractivity contribution is 9.10. The minimum atomic E-state index is -0.217. The molecule has 0 saturated carbocycles. The predicted octanol–water partition coefficient (Wildman–Crippen LogP) is 6.11. The van der Waals surface area contributed by atoms with Crippen LogP contribution >= 0.6 is 38.6 Å². The lowest BCUT2D eigenvalue weighted by molar-refractivity contribution is 0.0988. The van der Waals surface area contributed by atoms with Gasteiger partial charge >= 0.3 is 0 Å². The van der Waals surface area contributed by atoms with Gasteiger partial charge in [0.1, 0.15) is 0 Å². The van der Waals surface area contributed by atoms with Crippen LogP contribution in [0.5, 0.6) is 0 Å². The Morgan fingerprint density at radius 1 is 1.19 bits per heavy atom. The third kappa shape index (κ3) is 4.00. The third-order valence-corrected chi connectivity index (χ3v) is 6.17. The zero-order chi connectivity index (χ0) is 18.8. The molecule has 0 fully saturated rings. The van der Waals surface area contributed by atoms with Gasteiger partial charge in [0.15, 0.2) is 0 Å². The van der Waals surface area contributed by atoms with Crippen LogP contribution in [-0.4, -0.2) is 17.1 Å². The van der Waals surface area contributed by atoms with E-state index < -0.39 is 0 Å². The molecular weight excluding hydrogens is 442 g/mol. The summed E-state index contributed by atoms with van der Waals surface area (Å²) in [5.41, 5.74) is 2.57. The largest absolute Gasteiger partial charge is 0.280 e. The first-order valence-corrected chi connectivity index (χ1v) is 10.6. The Hall–Kier alpha value is -2.35. The number of fused-ring (bicyclic) bond motifs is 1. The maximum Gasteiger partial charge on any atom is 0.280 e. The second kappa shape index (κ2) is 7.72. The van der Waals surface area contributed by atoms with Crippen LogP contribution in [0.25, 0.3) is 10.2 Å². The summed E-state index contributed by atoms with van der Waals surface area (Å²) < 4.78 is 1.95. The molecule has 134 valence electrons. The number of hydrazone groups is 1. The first-order valence-electron chi connectivity index (χ1n) is 8.15. The van der Waals surface area contributed by atoms with Crippen LogP contribution in [0.2, 0.25) is 0 Å². The molecule has 0 N–H and O–H groups in total. The lowest BCUT2D eigenvalue weighted by atomic mass is 10.2. The number of anilines is 1. The van der Waals surface area contributed by atoms with Crippen molar-refractivity contribution < 1.29 is 4.79 Å². The smallest absolute Gasteiger partial charge is 0.267 e. The number of carbonyl (C=O) groups is 1.